The average Bonchev–Trinajstić information content (AvgIpc) is 2.81. The Balaban J connectivity index is 0.000000161. The SMILES string of the molecule is CC(C1CCCCC1)C1CCCCC1.CC(C1CCCCC1)C1CCCCC1. The zero-order valence-electron chi connectivity index (χ0n) is 19.6. The van der Waals surface area contributed by atoms with Gasteiger partial charge in [0.2, 0.25) is 0 Å². The molecule has 0 saturated heterocycles. The van der Waals surface area contributed by atoms with Crippen molar-refractivity contribution in [1.29, 1.82) is 0 Å². The lowest BCUT2D eigenvalue weighted by Crippen LogP contribution is -2.24. The minimum atomic E-state index is 1.04. The van der Waals surface area contributed by atoms with E-state index in [2.05, 4.69) is 13.8 Å². The summed E-state index contributed by atoms with van der Waals surface area (Å²) in [4.78, 5) is 0. The van der Waals surface area contributed by atoms with Gasteiger partial charge >= 0.3 is 0 Å². The molecule has 4 rings (SSSR count). The van der Waals surface area contributed by atoms with Gasteiger partial charge in [0.1, 0.15) is 0 Å². The van der Waals surface area contributed by atoms with Gasteiger partial charge in [-0.1, -0.05) is 142 Å². The molecule has 28 heavy (non-hydrogen) atoms. The molecule has 0 unspecified atom stereocenters. The summed E-state index contributed by atoms with van der Waals surface area (Å²) >= 11 is 0. The summed E-state index contributed by atoms with van der Waals surface area (Å²) in [7, 11) is 0. The van der Waals surface area contributed by atoms with Crippen molar-refractivity contribution in [2.24, 2.45) is 35.5 Å². The average molecular weight is 389 g/mol. The Morgan fingerprint density at radius 3 is 0.679 bits per heavy atom. The first-order valence-electron chi connectivity index (χ1n) is 13.8. The molecule has 0 radical (unpaired) electrons. The lowest BCUT2D eigenvalue weighted by Gasteiger charge is -2.35. The molecule has 4 fully saturated rings. The van der Waals surface area contributed by atoms with Crippen molar-refractivity contribution in [1.82, 2.24) is 0 Å². The van der Waals surface area contributed by atoms with Crippen molar-refractivity contribution in [3.63, 3.8) is 0 Å². The first kappa shape index (κ1) is 22.7. The number of rotatable bonds is 4. The summed E-state index contributed by atoms with van der Waals surface area (Å²) in [5.41, 5.74) is 0. The predicted molar refractivity (Wildman–Crippen MR) is 125 cm³/mol. The summed E-state index contributed by atoms with van der Waals surface area (Å²) in [6, 6.07) is 0. The molecule has 0 heterocycles. The van der Waals surface area contributed by atoms with E-state index >= 15 is 0 Å². The molecule has 0 aromatic carbocycles. The van der Waals surface area contributed by atoms with Gasteiger partial charge in [0.15, 0.2) is 0 Å². The van der Waals surface area contributed by atoms with E-state index in [9.17, 15) is 0 Å². The summed E-state index contributed by atoms with van der Waals surface area (Å²) in [6.45, 7) is 5.10. The smallest absolute Gasteiger partial charge is 0.0386 e. The Morgan fingerprint density at radius 2 is 0.500 bits per heavy atom. The first-order chi connectivity index (χ1) is 13.8. The van der Waals surface area contributed by atoms with Crippen LogP contribution in [0.15, 0.2) is 0 Å². The molecule has 0 nitrogen and oxygen atoms in total. The van der Waals surface area contributed by atoms with Crippen molar-refractivity contribution in [2.75, 3.05) is 0 Å². The Kier molecular flexibility index (Phi) is 10.2. The van der Waals surface area contributed by atoms with Gasteiger partial charge in [0.25, 0.3) is 0 Å². The normalized spacial score (nSPS) is 27.0. The summed E-state index contributed by atoms with van der Waals surface area (Å²) < 4.78 is 0. The fourth-order valence-electron chi connectivity index (χ4n) is 7.41. The van der Waals surface area contributed by atoms with Crippen LogP contribution in [0.2, 0.25) is 0 Å². The molecule has 4 aliphatic rings. The molecule has 4 aliphatic carbocycles. The second kappa shape index (κ2) is 12.6. The highest BCUT2D eigenvalue weighted by molar-refractivity contribution is 4.80. The topological polar surface area (TPSA) is 0 Å². The third-order valence-electron chi connectivity index (χ3n) is 9.57. The molecular formula is C28H52. The molecular weight excluding hydrogens is 336 g/mol. The van der Waals surface area contributed by atoms with Gasteiger partial charge in [-0.25, -0.2) is 0 Å². The molecule has 0 atom stereocenters. The van der Waals surface area contributed by atoms with Crippen LogP contribution in [0.3, 0.4) is 0 Å². The molecule has 4 saturated carbocycles. The van der Waals surface area contributed by atoms with Gasteiger partial charge in [0, 0.05) is 0 Å². The molecule has 0 bridgehead atoms. The third kappa shape index (κ3) is 7.05. The van der Waals surface area contributed by atoms with Crippen LogP contribution in [0.5, 0.6) is 0 Å². The van der Waals surface area contributed by atoms with Crippen LogP contribution in [-0.4, -0.2) is 0 Å². The fraction of sp³-hybridized carbons (Fsp3) is 1.00. The number of hydrogen-bond donors (Lipinski definition) is 0. The largest absolute Gasteiger partial charge is 0.0620 e. The van der Waals surface area contributed by atoms with Crippen LogP contribution in [0.4, 0.5) is 0 Å². The Hall–Kier alpha value is 0. The van der Waals surface area contributed by atoms with E-state index in [4.69, 9.17) is 0 Å². The van der Waals surface area contributed by atoms with E-state index in [0.717, 1.165) is 35.5 Å². The zero-order chi connectivity index (χ0) is 19.6. The molecule has 164 valence electrons. The molecule has 0 amide bonds. The van der Waals surface area contributed by atoms with Crippen LogP contribution >= 0.6 is 0 Å². The van der Waals surface area contributed by atoms with Crippen LogP contribution in [0.1, 0.15) is 142 Å². The van der Waals surface area contributed by atoms with Gasteiger partial charge in [-0.05, 0) is 35.5 Å². The van der Waals surface area contributed by atoms with Crippen LogP contribution in [0, 0.1) is 35.5 Å². The molecule has 0 heteroatoms. The zero-order valence-corrected chi connectivity index (χ0v) is 19.6. The van der Waals surface area contributed by atoms with Gasteiger partial charge < -0.3 is 0 Å². The second-order valence-corrected chi connectivity index (χ2v) is 11.3. The van der Waals surface area contributed by atoms with Gasteiger partial charge in [-0.2, -0.15) is 0 Å². The maximum Gasteiger partial charge on any atom is -0.0386 e. The summed E-state index contributed by atoms with van der Waals surface area (Å²) in [5.74, 6) is 6.43. The first-order valence-corrected chi connectivity index (χ1v) is 13.8. The van der Waals surface area contributed by atoms with E-state index < -0.39 is 0 Å². The quantitative estimate of drug-likeness (QED) is 0.449. The van der Waals surface area contributed by atoms with E-state index in [1.807, 2.05) is 0 Å². The minimum Gasteiger partial charge on any atom is -0.0620 e. The highest BCUT2D eigenvalue weighted by Gasteiger charge is 2.28. The molecule has 0 spiro atoms. The third-order valence-corrected chi connectivity index (χ3v) is 9.57. The Morgan fingerprint density at radius 1 is 0.321 bits per heavy atom. The Labute approximate surface area is 178 Å². The van der Waals surface area contributed by atoms with Gasteiger partial charge in [-0.3, -0.25) is 0 Å². The maximum atomic E-state index is 2.55. The van der Waals surface area contributed by atoms with Crippen molar-refractivity contribution in [2.45, 2.75) is 142 Å². The minimum absolute atomic E-state index is 1.04. The highest BCUT2D eigenvalue weighted by atomic mass is 14.3. The van der Waals surface area contributed by atoms with Crippen molar-refractivity contribution >= 4 is 0 Å². The van der Waals surface area contributed by atoms with E-state index in [1.54, 1.807) is 0 Å². The lowest BCUT2D eigenvalue weighted by molar-refractivity contribution is 0.159. The monoisotopic (exact) mass is 388 g/mol. The number of hydrogen-bond acceptors (Lipinski definition) is 0. The molecule has 0 aliphatic heterocycles. The van der Waals surface area contributed by atoms with Gasteiger partial charge in [0.05, 0.1) is 0 Å². The van der Waals surface area contributed by atoms with E-state index in [-0.39, 0.29) is 0 Å². The van der Waals surface area contributed by atoms with E-state index in [0.29, 0.717) is 0 Å². The maximum absolute atomic E-state index is 2.55. The molecule has 0 N–H and O–H groups in total. The van der Waals surface area contributed by atoms with Crippen molar-refractivity contribution < 1.29 is 0 Å². The van der Waals surface area contributed by atoms with Crippen molar-refractivity contribution in [3.05, 3.63) is 0 Å². The van der Waals surface area contributed by atoms with Crippen molar-refractivity contribution in [3.8, 4) is 0 Å². The molecule has 0 aromatic rings. The standard InChI is InChI=1S/2C14H26/c2*1-12(13-8-4-2-5-9-13)14-10-6-3-7-11-14/h2*12-14H,2-11H2,1H3. The molecule has 0 aromatic heterocycles. The van der Waals surface area contributed by atoms with Crippen LogP contribution in [0.25, 0.3) is 0 Å². The van der Waals surface area contributed by atoms with Crippen LogP contribution in [-0.2, 0) is 0 Å². The Bertz CT molecular complexity index is 301. The lowest BCUT2D eigenvalue weighted by atomic mass is 9.71. The predicted octanol–water partition coefficient (Wildman–Crippen LogP) is 9.57. The van der Waals surface area contributed by atoms with Gasteiger partial charge in [-0.15, -0.1) is 0 Å². The van der Waals surface area contributed by atoms with Crippen LogP contribution < -0.4 is 0 Å². The van der Waals surface area contributed by atoms with E-state index in [1.165, 1.54) is 128 Å². The second-order valence-electron chi connectivity index (χ2n) is 11.3. The highest BCUT2D eigenvalue weighted by Crippen LogP contribution is 2.40. The fourth-order valence-corrected chi connectivity index (χ4v) is 7.41. The summed E-state index contributed by atoms with van der Waals surface area (Å²) in [6.07, 6.45) is 30.5. The summed E-state index contributed by atoms with van der Waals surface area (Å²) in [5, 5.41) is 0.